The maximum atomic E-state index is 12.8. The Morgan fingerprint density at radius 1 is 1.60 bits per heavy atom. The highest BCUT2D eigenvalue weighted by Crippen LogP contribution is 2.31. The van der Waals surface area contributed by atoms with Gasteiger partial charge in [-0.1, -0.05) is 25.1 Å². The summed E-state index contributed by atoms with van der Waals surface area (Å²) >= 11 is 1.64. The van der Waals surface area contributed by atoms with E-state index in [1.807, 2.05) is 36.3 Å². The molecule has 5 nitrogen and oxygen atoms in total. The zero-order valence-corrected chi connectivity index (χ0v) is 12.6. The molecule has 1 aliphatic rings. The first-order valence-corrected chi connectivity index (χ1v) is 7.72. The fraction of sp³-hybridized carbons (Fsp3) is 0.571. The van der Waals surface area contributed by atoms with E-state index < -0.39 is 5.92 Å². The Balaban J connectivity index is 2.17. The molecule has 0 bridgehead atoms. The molecule has 0 radical (unpaired) electrons. The molecule has 1 atom stereocenters. The zero-order valence-electron chi connectivity index (χ0n) is 11.8. The molecule has 6 heteroatoms. The van der Waals surface area contributed by atoms with Crippen LogP contribution >= 0.6 is 11.3 Å². The summed E-state index contributed by atoms with van der Waals surface area (Å²) in [4.78, 5) is 15.8. The van der Waals surface area contributed by atoms with Crippen LogP contribution in [0.3, 0.4) is 0 Å². The van der Waals surface area contributed by atoms with Crippen molar-refractivity contribution in [2.45, 2.75) is 39.3 Å². The fourth-order valence-corrected chi connectivity index (χ4v) is 3.04. The average molecular weight is 295 g/mol. The van der Waals surface area contributed by atoms with Gasteiger partial charge in [-0.25, -0.2) is 0 Å². The molecule has 110 valence electrons. The average Bonchev–Trinajstić information content (AvgIpc) is 3.12. The van der Waals surface area contributed by atoms with Crippen molar-refractivity contribution in [2.24, 2.45) is 22.7 Å². The monoisotopic (exact) mass is 295 g/mol. The topological polar surface area (TPSA) is 78.9 Å². The first-order valence-electron chi connectivity index (χ1n) is 6.85. The molecule has 0 aliphatic heterocycles. The summed E-state index contributed by atoms with van der Waals surface area (Å²) in [6.07, 6.45) is 2.08. The van der Waals surface area contributed by atoms with Crippen LogP contribution in [-0.4, -0.2) is 27.9 Å². The number of carbonyl (C=O) groups is 1. The second-order valence-electron chi connectivity index (χ2n) is 5.52. The lowest BCUT2D eigenvalue weighted by molar-refractivity contribution is -0.135. The van der Waals surface area contributed by atoms with E-state index in [0.717, 1.165) is 17.7 Å². The lowest BCUT2D eigenvalue weighted by Crippen LogP contribution is -2.45. The van der Waals surface area contributed by atoms with Crippen molar-refractivity contribution in [3.05, 3.63) is 22.4 Å². The smallest absolute Gasteiger partial charge is 0.234 e. The molecule has 1 heterocycles. The van der Waals surface area contributed by atoms with Crippen LogP contribution in [0.4, 0.5) is 0 Å². The minimum atomic E-state index is -0.555. The highest BCUT2D eigenvalue weighted by Gasteiger charge is 2.38. The van der Waals surface area contributed by atoms with Crippen molar-refractivity contribution in [2.75, 3.05) is 0 Å². The van der Waals surface area contributed by atoms with Gasteiger partial charge in [0.05, 0.1) is 6.54 Å². The molecule has 1 amide bonds. The first kappa shape index (κ1) is 14.8. The summed E-state index contributed by atoms with van der Waals surface area (Å²) in [5, 5.41) is 13.9. The maximum absolute atomic E-state index is 12.8. The molecule has 0 aromatic carbocycles. The van der Waals surface area contributed by atoms with Crippen molar-refractivity contribution < 1.29 is 10.0 Å². The molecule has 1 fully saturated rings. The van der Waals surface area contributed by atoms with Crippen molar-refractivity contribution in [3.8, 4) is 0 Å². The molecule has 1 saturated carbocycles. The lowest BCUT2D eigenvalue weighted by Gasteiger charge is -2.28. The van der Waals surface area contributed by atoms with E-state index in [4.69, 9.17) is 10.9 Å². The van der Waals surface area contributed by atoms with Crippen LogP contribution in [0.25, 0.3) is 0 Å². The van der Waals surface area contributed by atoms with Gasteiger partial charge in [-0.15, -0.1) is 11.3 Å². The first-order chi connectivity index (χ1) is 9.54. The van der Waals surface area contributed by atoms with E-state index in [9.17, 15) is 4.79 Å². The molecule has 0 spiro atoms. The number of hydrogen-bond acceptors (Lipinski definition) is 4. The van der Waals surface area contributed by atoms with Crippen LogP contribution in [0.2, 0.25) is 0 Å². The van der Waals surface area contributed by atoms with E-state index in [-0.39, 0.29) is 17.7 Å². The van der Waals surface area contributed by atoms with Gasteiger partial charge in [-0.3, -0.25) is 4.79 Å². The van der Waals surface area contributed by atoms with Gasteiger partial charge in [0.15, 0.2) is 5.84 Å². The molecule has 2 rings (SSSR count). The van der Waals surface area contributed by atoms with Gasteiger partial charge >= 0.3 is 0 Å². The summed E-state index contributed by atoms with van der Waals surface area (Å²) in [5.74, 6) is -0.587. The van der Waals surface area contributed by atoms with Crippen LogP contribution < -0.4 is 5.73 Å². The minimum absolute atomic E-state index is 0.00169. The van der Waals surface area contributed by atoms with Gasteiger partial charge in [0.25, 0.3) is 0 Å². The Morgan fingerprint density at radius 2 is 2.30 bits per heavy atom. The van der Waals surface area contributed by atoms with Gasteiger partial charge in [0.1, 0.15) is 5.92 Å². The second-order valence-corrected chi connectivity index (χ2v) is 6.56. The van der Waals surface area contributed by atoms with Crippen molar-refractivity contribution in [3.63, 3.8) is 0 Å². The van der Waals surface area contributed by atoms with Gasteiger partial charge in [0, 0.05) is 10.9 Å². The number of amidine groups is 1. The third kappa shape index (κ3) is 3.30. The van der Waals surface area contributed by atoms with E-state index in [1.165, 1.54) is 0 Å². The Bertz CT molecular complexity index is 481. The number of nitrogens with two attached hydrogens (primary N) is 1. The SMILES string of the molecule is CC(C)C(C(=O)N(Cc1cccs1)C1CC1)C(N)=NO. The van der Waals surface area contributed by atoms with E-state index in [0.29, 0.717) is 12.6 Å². The predicted molar refractivity (Wildman–Crippen MR) is 79.6 cm³/mol. The molecule has 1 aromatic heterocycles. The molecule has 3 N–H and O–H groups in total. The number of thiophene rings is 1. The summed E-state index contributed by atoms with van der Waals surface area (Å²) in [7, 11) is 0. The van der Waals surface area contributed by atoms with Crippen molar-refractivity contribution in [1.29, 1.82) is 0 Å². The van der Waals surface area contributed by atoms with Crippen LogP contribution in [0.5, 0.6) is 0 Å². The number of carbonyl (C=O) groups excluding carboxylic acids is 1. The Morgan fingerprint density at radius 3 is 2.75 bits per heavy atom. The van der Waals surface area contributed by atoms with Gasteiger partial charge in [0.2, 0.25) is 5.91 Å². The second kappa shape index (κ2) is 6.26. The van der Waals surface area contributed by atoms with Crippen LogP contribution in [-0.2, 0) is 11.3 Å². The van der Waals surface area contributed by atoms with Crippen molar-refractivity contribution in [1.82, 2.24) is 4.90 Å². The van der Waals surface area contributed by atoms with Crippen molar-refractivity contribution >= 4 is 23.1 Å². The molecule has 1 aliphatic carbocycles. The third-order valence-electron chi connectivity index (χ3n) is 3.54. The third-order valence-corrected chi connectivity index (χ3v) is 4.40. The zero-order chi connectivity index (χ0) is 14.7. The number of nitrogens with zero attached hydrogens (tertiary/aromatic N) is 2. The standard InChI is InChI=1S/C14H21N3O2S/c1-9(2)12(13(15)16-19)14(18)17(10-5-6-10)8-11-4-3-7-20-11/h3-4,7,9-10,12,19H,5-6,8H2,1-2H3,(H2,15,16). The Kier molecular flexibility index (Phi) is 4.65. The molecular formula is C14H21N3O2S. The highest BCUT2D eigenvalue weighted by atomic mass is 32.1. The summed E-state index contributed by atoms with van der Waals surface area (Å²) < 4.78 is 0. The van der Waals surface area contributed by atoms with E-state index in [1.54, 1.807) is 11.3 Å². The number of hydrogen-bond donors (Lipinski definition) is 2. The van der Waals surface area contributed by atoms with Crippen LogP contribution in [0, 0.1) is 11.8 Å². The molecule has 0 saturated heterocycles. The molecule has 20 heavy (non-hydrogen) atoms. The number of amides is 1. The van der Waals surface area contributed by atoms with E-state index >= 15 is 0 Å². The fourth-order valence-electron chi connectivity index (χ4n) is 2.34. The minimum Gasteiger partial charge on any atom is -0.409 e. The number of oxime groups is 1. The van der Waals surface area contributed by atoms with Gasteiger partial charge < -0.3 is 15.8 Å². The van der Waals surface area contributed by atoms with Gasteiger partial charge in [-0.2, -0.15) is 0 Å². The quantitative estimate of drug-likeness (QED) is 0.366. The van der Waals surface area contributed by atoms with Crippen LogP contribution in [0.1, 0.15) is 31.6 Å². The van der Waals surface area contributed by atoms with Crippen LogP contribution in [0.15, 0.2) is 22.7 Å². The molecule has 1 aromatic rings. The van der Waals surface area contributed by atoms with Gasteiger partial charge in [-0.05, 0) is 30.2 Å². The summed E-state index contributed by atoms with van der Waals surface area (Å²) in [5.41, 5.74) is 5.71. The summed E-state index contributed by atoms with van der Waals surface area (Å²) in [6.45, 7) is 4.44. The normalized spacial score (nSPS) is 17.2. The lowest BCUT2D eigenvalue weighted by atomic mass is 9.93. The maximum Gasteiger partial charge on any atom is 0.234 e. The molecule has 1 unspecified atom stereocenters. The largest absolute Gasteiger partial charge is 0.409 e. The molecular weight excluding hydrogens is 274 g/mol. The summed E-state index contributed by atoms with van der Waals surface area (Å²) in [6, 6.07) is 4.32. The van der Waals surface area contributed by atoms with E-state index in [2.05, 4.69) is 5.16 Å². The Labute approximate surface area is 123 Å². The predicted octanol–water partition coefficient (Wildman–Crippen LogP) is 2.26. The highest BCUT2D eigenvalue weighted by molar-refractivity contribution is 7.09. The number of rotatable bonds is 6. The Hall–Kier alpha value is -1.56.